The number of nitrogens with one attached hydrogen (secondary N) is 2. The lowest BCUT2D eigenvalue weighted by atomic mass is 9.84. The van der Waals surface area contributed by atoms with Gasteiger partial charge < -0.3 is 5.32 Å². The Kier molecular flexibility index (Phi) is 5.35. The van der Waals surface area contributed by atoms with Gasteiger partial charge in [-0.1, -0.05) is 31.0 Å². The summed E-state index contributed by atoms with van der Waals surface area (Å²) in [6.45, 7) is 0. The van der Waals surface area contributed by atoms with Crippen molar-refractivity contribution in [1.82, 2.24) is 15.4 Å². The Morgan fingerprint density at radius 1 is 1.16 bits per heavy atom. The maximum atomic E-state index is 12.4. The molecule has 0 saturated heterocycles. The molecule has 1 aliphatic rings. The largest absolute Gasteiger partial charge is 0.340 e. The minimum Gasteiger partial charge on any atom is -0.340 e. The van der Waals surface area contributed by atoms with Gasteiger partial charge in [0.1, 0.15) is 5.82 Å². The third-order valence-corrected chi connectivity index (χ3v) is 4.41. The number of anilines is 2. The number of aromatic nitrogens is 2. The summed E-state index contributed by atoms with van der Waals surface area (Å²) in [4.78, 5) is 31.7. The van der Waals surface area contributed by atoms with Gasteiger partial charge in [-0.25, -0.2) is 15.4 Å². The molecule has 3 N–H and O–H groups in total. The first kappa shape index (κ1) is 17.0. The van der Waals surface area contributed by atoms with Gasteiger partial charge in [0, 0.05) is 30.4 Å². The van der Waals surface area contributed by atoms with Crippen molar-refractivity contribution >= 4 is 17.4 Å². The van der Waals surface area contributed by atoms with E-state index in [1.807, 2.05) is 24.3 Å². The fraction of sp³-hybridized carbons (Fsp3) is 0.333. The van der Waals surface area contributed by atoms with Crippen LogP contribution < -0.4 is 16.4 Å². The molecule has 1 atom stereocenters. The molecule has 0 fully saturated rings. The molecule has 0 radical (unpaired) electrons. The fourth-order valence-electron chi connectivity index (χ4n) is 3.23. The Morgan fingerprint density at radius 3 is 2.80 bits per heavy atom. The molecule has 1 aliphatic heterocycles. The monoisotopic (exact) mass is 340 g/mol. The number of hydroxylamine groups is 1. The van der Waals surface area contributed by atoms with Crippen LogP contribution in [-0.2, 0) is 4.79 Å². The van der Waals surface area contributed by atoms with E-state index in [1.54, 1.807) is 5.48 Å². The van der Waals surface area contributed by atoms with E-state index in [9.17, 15) is 9.59 Å². The number of para-hydroxylation sites is 1. The van der Waals surface area contributed by atoms with Gasteiger partial charge in [-0.2, -0.15) is 0 Å². The molecule has 2 aromatic rings. The molecule has 0 saturated carbocycles. The highest BCUT2D eigenvalue weighted by molar-refractivity contribution is 5.74. The van der Waals surface area contributed by atoms with Crippen molar-refractivity contribution in [3.05, 3.63) is 58.1 Å². The summed E-state index contributed by atoms with van der Waals surface area (Å²) in [6, 6.07) is 7.89. The van der Waals surface area contributed by atoms with Crippen LogP contribution in [0.4, 0.5) is 11.5 Å². The van der Waals surface area contributed by atoms with E-state index in [-0.39, 0.29) is 17.4 Å². The van der Waals surface area contributed by atoms with Gasteiger partial charge >= 0.3 is 0 Å². The van der Waals surface area contributed by atoms with E-state index in [1.165, 1.54) is 12.4 Å². The average molecular weight is 340 g/mol. The summed E-state index contributed by atoms with van der Waals surface area (Å²) in [6.07, 6.45) is 6.38. The summed E-state index contributed by atoms with van der Waals surface area (Å²) in [5.41, 5.74) is 3.99. The van der Waals surface area contributed by atoms with E-state index in [2.05, 4.69) is 15.3 Å². The number of amides is 1. The molecule has 0 bridgehead atoms. The molecule has 0 aliphatic carbocycles. The highest BCUT2D eigenvalue weighted by atomic mass is 16.5. The lowest BCUT2D eigenvalue weighted by Gasteiger charge is -2.26. The van der Waals surface area contributed by atoms with Crippen LogP contribution in [0, 0.1) is 0 Å². The smallest absolute Gasteiger partial charge is 0.277 e. The lowest BCUT2D eigenvalue weighted by molar-refractivity contribution is -0.129. The Labute approximate surface area is 145 Å². The topological polar surface area (TPSA) is 104 Å². The van der Waals surface area contributed by atoms with Gasteiger partial charge in [-0.15, -0.1) is 0 Å². The molecule has 1 unspecified atom stereocenters. The predicted octanol–water partition coefficient (Wildman–Crippen LogP) is 2.48. The number of carbonyl (C=O) groups is 1. The van der Waals surface area contributed by atoms with Crippen molar-refractivity contribution in [2.45, 2.75) is 38.0 Å². The number of benzene rings is 1. The zero-order chi connectivity index (χ0) is 17.6. The second-order valence-electron chi connectivity index (χ2n) is 6.02. The third-order valence-electron chi connectivity index (χ3n) is 4.41. The zero-order valence-corrected chi connectivity index (χ0v) is 13.7. The summed E-state index contributed by atoms with van der Waals surface area (Å²) in [5.74, 6) is 0.115. The quantitative estimate of drug-likeness (QED) is 0.424. The Hall–Kier alpha value is -2.80. The van der Waals surface area contributed by atoms with Crippen molar-refractivity contribution in [2.24, 2.45) is 0 Å². The standard InChI is InChI=1S/C18H20N4O3/c23-15(22-25)9-3-1-2-7-13-12-6-4-5-8-14(12)21-17-16(13)18(24)20-11-10-19-17/h4-6,8,10-11,13,21,25H,1-3,7,9H2,(H,22,23). The molecule has 2 heterocycles. The number of carbonyl (C=O) groups excluding carboxylic acids is 1. The van der Waals surface area contributed by atoms with E-state index >= 15 is 0 Å². The molecule has 1 aromatic heterocycles. The molecule has 7 heteroatoms. The Bertz CT molecular complexity index is 825. The summed E-state index contributed by atoms with van der Waals surface area (Å²) in [5, 5.41) is 11.7. The zero-order valence-electron chi connectivity index (χ0n) is 13.7. The van der Waals surface area contributed by atoms with Gasteiger partial charge in [-0.3, -0.25) is 14.8 Å². The van der Waals surface area contributed by atoms with Gasteiger partial charge in [-0.05, 0) is 24.5 Å². The second-order valence-corrected chi connectivity index (χ2v) is 6.02. The van der Waals surface area contributed by atoms with Crippen LogP contribution in [0.15, 0.2) is 41.5 Å². The summed E-state index contributed by atoms with van der Waals surface area (Å²) < 4.78 is 0. The van der Waals surface area contributed by atoms with Crippen LogP contribution in [0.1, 0.15) is 49.1 Å². The van der Waals surface area contributed by atoms with Crippen molar-refractivity contribution < 1.29 is 10.0 Å². The Balaban J connectivity index is 1.80. The van der Waals surface area contributed by atoms with Crippen LogP contribution in [0.25, 0.3) is 0 Å². The molecular formula is C18H20N4O3. The van der Waals surface area contributed by atoms with Crippen LogP contribution in [0.3, 0.4) is 0 Å². The first-order valence-corrected chi connectivity index (χ1v) is 8.35. The number of fused-ring (bicyclic) bond motifs is 2. The van der Waals surface area contributed by atoms with E-state index < -0.39 is 0 Å². The minimum absolute atomic E-state index is 0.0704. The molecule has 25 heavy (non-hydrogen) atoms. The van der Waals surface area contributed by atoms with Crippen LogP contribution in [0.2, 0.25) is 0 Å². The van der Waals surface area contributed by atoms with E-state index in [0.717, 1.165) is 30.5 Å². The number of nitrogens with zero attached hydrogens (tertiary/aromatic N) is 2. The van der Waals surface area contributed by atoms with Crippen molar-refractivity contribution in [1.29, 1.82) is 0 Å². The normalized spacial score (nSPS) is 14.8. The number of unbranched alkanes of at least 4 members (excludes halogenated alkanes) is 2. The van der Waals surface area contributed by atoms with Gasteiger partial charge in [0.05, 0.1) is 5.56 Å². The molecule has 1 amide bonds. The highest BCUT2D eigenvalue weighted by Crippen LogP contribution is 2.40. The minimum atomic E-state index is -0.375. The molecule has 130 valence electrons. The summed E-state index contributed by atoms with van der Waals surface area (Å²) >= 11 is 0. The molecule has 7 nitrogen and oxygen atoms in total. The SMILES string of the molecule is O=C(CCCCCC1c2ccccc2Nc2nccnc(=O)c21)NO. The first-order valence-electron chi connectivity index (χ1n) is 8.35. The maximum absolute atomic E-state index is 12.4. The highest BCUT2D eigenvalue weighted by Gasteiger charge is 2.28. The molecular weight excluding hydrogens is 320 g/mol. The Morgan fingerprint density at radius 2 is 1.96 bits per heavy atom. The number of rotatable bonds is 6. The van der Waals surface area contributed by atoms with Crippen LogP contribution in [-0.4, -0.2) is 21.1 Å². The fourth-order valence-corrected chi connectivity index (χ4v) is 3.23. The average Bonchev–Trinajstić information content (AvgIpc) is 2.82. The first-order chi connectivity index (χ1) is 12.2. The summed E-state index contributed by atoms with van der Waals surface area (Å²) in [7, 11) is 0. The number of hydrogen-bond acceptors (Lipinski definition) is 6. The van der Waals surface area contributed by atoms with Crippen molar-refractivity contribution in [3.8, 4) is 0 Å². The van der Waals surface area contributed by atoms with Gasteiger partial charge in [0.15, 0.2) is 0 Å². The maximum Gasteiger partial charge on any atom is 0.277 e. The molecule has 1 aromatic carbocycles. The van der Waals surface area contributed by atoms with Crippen LogP contribution in [0.5, 0.6) is 0 Å². The molecule has 3 rings (SSSR count). The van der Waals surface area contributed by atoms with Crippen molar-refractivity contribution in [2.75, 3.05) is 5.32 Å². The predicted molar refractivity (Wildman–Crippen MR) is 92.9 cm³/mol. The third kappa shape index (κ3) is 3.83. The van der Waals surface area contributed by atoms with E-state index in [4.69, 9.17) is 5.21 Å². The van der Waals surface area contributed by atoms with Crippen LogP contribution >= 0.6 is 0 Å². The van der Waals surface area contributed by atoms with E-state index in [0.29, 0.717) is 24.2 Å². The van der Waals surface area contributed by atoms with Crippen molar-refractivity contribution in [3.63, 3.8) is 0 Å². The molecule has 0 spiro atoms. The second kappa shape index (κ2) is 7.85. The number of hydrogen-bond donors (Lipinski definition) is 3. The van der Waals surface area contributed by atoms with Gasteiger partial charge in [0.25, 0.3) is 5.56 Å². The lowest BCUT2D eigenvalue weighted by Crippen LogP contribution is -2.22. The van der Waals surface area contributed by atoms with Gasteiger partial charge in [0.2, 0.25) is 5.91 Å².